The minimum Gasteiger partial charge on any atom is -0.478 e. The van der Waals surface area contributed by atoms with Crippen LogP contribution in [0.5, 0.6) is 0 Å². The summed E-state index contributed by atoms with van der Waals surface area (Å²) >= 11 is 5.78. The molecule has 2 rings (SSSR count). The normalized spacial score (nSPS) is 11.6. The second kappa shape index (κ2) is 4.58. The molecule has 0 bridgehead atoms. The third-order valence-corrected chi connectivity index (χ3v) is 2.74. The number of alkyl halides is 3. The highest BCUT2D eigenvalue weighted by atomic mass is 35.5. The maximum atomic E-state index is 12.4. The second-order valence-electron chi connectivity index (χ2n) is 3.61. The van der Waals surface area contributed by atoms with Crippen LogP contribution in [0.1, 0.15) is 15.9 Å². The van der Waals surface area contributed by atoms with E-state index in [1.165, 1.54) is 0 Å². The molecule has 0 saturated heterocycles. The van der Waals surface area contributed by atoms with Crippen molar-refractivity contribution in [1.29, 1.82) is 0 Å². The van der Waals surface area contributed by atoms with E-state index in [0.717, 1.165) is 35.1 Å². The largest absolute Gasteiger partial charge is 0.478 e. The van der Waals surface area contributed by atoms with Crippen molar-refractivity contribution < 1.29 is 23.1 Å². The van der Waals surface area contributed by atoms with E-state index in [9.17, 15) is 18.0 Å². The molecular formula is C11H6ClF3N2O2. The Morgan fingerprint density at radius 1 is 1.26 bits per heavy atom. The van der Waals surface area contributed by atoms with Crippen molar-refractivity contribution in [3.05, 3.63) is 46.7 Å². The molecule has 1 N–H and O–H groups in total. The van der Waals surface area contributed by atoms with Crippen LogP contribution >= 0.6 is 11.6 Å². The highest BCUT2D eigenvalue weighted by molar-refractivity contribution is 6.32. The molecule has 19 heavy (non-hydrogen) atoms. The van der Waals surface area contributed by atoms with Crippen LogP contribution in [0.25, 0.3) is 5.69 Å². The zero-order valence-corrected chi connectivity index (χ0v) is 9.90. The topological polar surface area (TPSA) is 55.1 Å². The molecule has 1 aromatic heterocycles. The lowest BCUT2D eigenvalue weighted by atomic mass is 10.2. The Balaban J connectivity index is 2.41. The average molecular weight is 291 g/mol. The molecular weight excluding hydrogens is 285 g/mol. The van der Waals surface area contributed by atoms with Gasteiger partial charge in [-0.05, 0) is 24.3 Å². The second-order valence-corrected chi connectivity index (χ2v) is 3.97. The predicted molar refractivity (Wildman–Crippen MR) is 60.5 cm³/mol. The van der Waals surface area contributed by atoms with Crippen molar-refractivity contribution >= 4 is 17.6 Å². The number of carbonyl (C=O) groups is 1. The van der Waals surface area contributed by atoms with E-state index < -0.39 is 17.7 Å². The number of halogens is 4. The molecule has 0 spiro atoms. The lowest BCUT2D eigenvalue weighted by molar-refractivity contribution is -0.137. The average Bonchev–Trinajstić information content (AvgIpc) is 2.70. The Morgan fingerprint density at radius 2 is 1.84 bits per heavy atom. The number of carboxylic acid groups (broad SMARTS) is 1. The van der Waals surface area contributed by atoms with E-state index in [1.54, 1.807) is 0 Å². The molecule has 0 saturated carbocycles. The van der Waals surface area contributed by atoms with Gasteiger partial charge in [0, 0.05) is 0 Å². The number of aromatic nitrogens is 2. The number of aromatic carboxylic acids is 1. The monoisotopic (exact) mass is 290 g/mol. The Morgan fingerprint density at radius 3 is 2.26 bits per heavy atom. The van der Waals surface area contributed by atoms with E-state index in [1.807, 2.05) is 0 Å². The zero-order valence-electron chi connectivity index (χ0n) is 9.15. The smallest absolute Gasteiger partial charge is 0.416 e. The Bertz CT molecular complexity index is 620. The molecule has 1 heterocycles. The predicted octanol–water partition coefficient (Wildman–Crippen LogP) is 3.24. The van der Waals surface area contributed by atoms with Gasteiger partial charge in [0.25, 0.3) is 0 Å². The van der Waals surface area contributed by atoms with Crippen LogP contribution in [0, 0.1) is 0 Å². The minimum absolute atomic E-state index is 0.174. The first-order valence-electron chi connectivity index (χ1n) is 4.95. The summed E-state index contributed by atoms with van der Waals surface area (Å²) in [6.45, 7) is 0. The molecule has 0 amide bonds. The first-order chi connectivity index (χ1) is 8.80. The van der Waals surface area contributed by atoms with Crippen LogP contribution in [0.3, 0.4) is 0 Å². The summed E-state index contributed by atoms with van der Waals surface area (Å²) in [6.07, 6.45) is -3.40. The lowest BCUT2D eigenvalue weighted by Gasteiger charge is -2.08. The van der Waals surface area contributed by atoms with Crippen LogP contribution in [0.2, 0.25) is 5.15 Å². The molecule has 4 nitrogen and oxygen atoms in total. The number of hydrogen-bond donors (Lipinski definition) is 1. The van der Waals surface area contributed by atoms with E-state index in [4.69, 9.17) is 16.7 Å². The standard InChI is InChI=1S/C11H6ClF3N2O2/c12-9-8(10(18)19)5-16-17(9)7-3-1-6(2-4-7)11(13,14)15/h1-5H,(H,18,19). The first-order valence-corrected chi connectivity index (χ1v) is 5.33. The van der Waals surface area contributed by atoms with E-state index in [-0.39, 0.29) is 16.4 Å². The van der Waals surface area contributed by atoms with Crippen LogP contribution in [-0.2, 0) is 6.18 Å². The lowest BCUT2D eigenvalue weighted by Crippen LogP contribution is -2.05. The molecule has 8 heteroatoms. The molecule has 0 aliphatic rings. The van der Waals surface area contributed by atoms with Crippen molar-refractivity contribution in [2.24, 2.45) is 0 Å². The first kappa shape index (κ1) is 13.4. The van der Waals surface area contributed by atoms with Gasteiger partial charge in [-0.15, -0.1) is 0 Å². The summed E-state index contributed by atoms with van der Waals surface area (Å²) in [6, 6.07) is 4.06. The van der Waals surface area contributed by atoms with Crippen molar-refractivity contribution in [2.75, 3.05) is 0 Å². The SMILES string of the molecule is O=C(O)c1cnn(-c2ccc(C(F)(F)F)cc2)c1Cl. The number of nitrogens with zero attached hydrogens (tertiary/aromatic N) is 2. The maximum absolute atomic E-state index is 12.4. The van der Waals surface area contributed by atoms with Gasteiger partial charge in [0.15, 0.2) is 0 Å². The fourth-order valence-corrected chi connectivity index (χ4v) is 1.72. The number of hydrogen-bond acceptors (Lipinski definition) is 2. The van der Waals surface area contributed by atoms with Gasteiger partial charge in [-0.1, -0.05) is 11.6 Å². The molecule has 0 radical (unpaired) electrons. The van der Waals surface area contributed by atoms with Gasteiger partial charge in [-0.3, -0.25) is 0 Å². The molecule has 0 aliphatic carbocycles. The molecule has 100 valence electrons. The zero-order chi connectivity index (χ0) is 14.2. The van der Waals surface area contributed by atoms with Crippen LogP contribution in [0.15, 0.2) is 30.5 Å². The number of rotatable bonds is 2. The van der Waals surface area contributed by atoms with Crippen molar-refractivity contribution in [1.82, 2.24) is 9.78 Å². The van der Waals surface area contributed by atoms with Gasteiger partial charge >= 0.3 is 12.1 Å². The van der Waals surface area contributed by atoms with Crippen LogP contribution in [-0.4, -0.2) is 20.9 Å². The summed E-state index contributed by atoms with van der Waals surface area (Å²) in [7, 11) is 0. The van der Waals surface area contributed by atoms with E-state index in [2.05, 4.69) is 5.10 Å². The summed E-state index contributed by atoms with van der Waals surface area (Å²) < 4.78 is 38.2. The van der Waals surface area contributed by atoms with Gasteiger partial charge in [0.05, 0.1) is 17.4 Å². The third-order valence-electron chi connectivity index (χ3n) is 2.38. The molecule has 0 fully saturated rings. The van der Waals surface area contributed by atoms with E-state index in [0.29, 0.717) is 0 Å². The quantitative estimate of drug-likeness (QED) is 0.924. The highest BCUT2D eigenvalue weighted by Crippen LogP contribution is 2.30. The van der Waals surface area contributed by atoms with Gasteiger partial charge in [-0.2, -0.15) is 18.3 Å². The Labute approximate surface area is 110 Å². The molecule has 0 aliphatic heterocycles. The summed E-state index contributed by atoms with van der Waals surface area (Å²) in [5, 5.41) is 12.3. The van der Waals surface area contributed by atoms with Gasteiger partial charge in [0.2, 0.25) is 0 Å². The van der Waals surface area contributed by atoms with Gasteiger partial charge < -0.3 is 5.11 Å². The molecule has 0 atom stereocenters. The fourth-order valence-electron chi connectivity index (χ4n) is 1.45. The Kier molecular flexibility index (Phi) is 3.23. The van der Waals surface area contributed by atoms with E-state index >= 15 is 0 Å². The minimum atomic E-state index is -4.43. The van der Waals surface area contributed by atoms with Gasteiger partial charge in [0.1, 0.15) is 10.7 Å². The summed E-state index contributed by atoms with van der Waals surface area (Å²) in [5.41, 5.74) is -0.787. The van der Waals surface area contributed by atoms with Crippen LogP contribution in [0.4, 0.5) is 13.2 Å². The van der Waals surface area contributed by atoms with Crippen LogP contribution < -0.4 is 0 Å². The summed E-state index contributed by atoms with van der Waals surface area (Å²) in [5.74, 6) is -1.26. The fraction of sp³-hybridized carbons (Fsp3) is 0.0909. The van der Waals surface area contributed by atoms with Crippen molar-refractivity contribution in [2.45, 2.75) is 6.18 Å². The summed E-state index contributed by atoms with van der Waals surface area (Å²) in [4.78, 5) is 10.8. The molecule has 0 unspecified atom stereocenters. The number of benzene rings is 1. The highest BCUT2D eigenvalue weighted by Gasteiger charge is 2.30. The molecule has 2 aromatic rings. The van der Waals surface area contributed by atoms with Gasteiger partial charge in [-0.25, -0.2) is 9.48 Å². The van der Waals surface area contributed by atoms with Crippen molar-refractivity contribution in [3.63, 3.8) is 0 Å². The molecule has 1 aromatic carbocycles. The maximum Gasteiger partial charge on any atom is 0.416 e. The number of carboxylic acids is 1. The Hall–Kier alpha value is -2.02. The third kappa shape index (κ3) is 2.55. The van der Waals surface area contributed by atoms with Crippen molar-refractivity contribution in [3.8, 4) is 5.69 Å².